The van der Waals surface area contributed by atoms with Crippen molar-refractivity contribution in [3.05, 3.63) is 23.8 Å². The number of hydrogen-bond acceptors (Lipinski definition) is 4. The highest BCUT2D eigenvalue weighted by Gasteiger charge is 2.37. The predicted octanol–water partition coefficient (Wildman–Crippen LogP) is 3.28. The van der Waals surface area contributed by atoms with E-state index in [1.54, 1.807) is 7.11 Å². The largest absolute Gasteiger partial charge is 0.493 e. The van der Waals surface area contributed by atoms with Crippen LogP contribution in [0.1, 0.15) is 39.2 Å². The van der Waals surface area contributed by atoms with Crippen LogP contribution >= 0.6 is 0 Å². The Balaban J connectivity index is 2.27. The van der Waals surface area contributed by atoms with Crippen LogP contribution < -0.4 is 9.47 Å². The zero-order chi connectivity index (χ0) is 14.8. The van der Waals surface area contributed by atoms with Crippen molar-refractivity contribution >= 4 is 5.97 Å². The van der Waals surface area contributed by atoms with Crippen molar-refractivity contribution in [2.24, 2.45) is 5.92 Å². The molecule has 0 unspecified atom stereocenters. The molecule has 1 aromatic carbocycles. The molecule has 110 valence electrons. The van der Waals surface area contributed by atoms with E-state index in [4.69, 9.17) is 14.2 Å². The van der Waals surface area contributed by atoms with E-state index in [1.165, 1.54) is 0 Å². The summed E-state index contributed by atoms with van der Waals surface area (Å²) in [5.41, 5.74) is 0.391. The van der Waals surface area contributed by atoms with Crippen LogP contribution in [0.2, 0.25) is 0 Å². The van der Waals surface area contributed by atoms with E-state index < -0.39 is 5.60 Å². The van der Waals surface area contributed by atoms with Gasteiger partial charge in [0, 0.05) is 12.8 Å². The molecule has 1 aromatic rings. The molecule has 2 rings (SSSR count). The third-order valence-corrected chi connectivity index (χ3v) is 3.49. The van der Waals surface area contributed by atoms with Crippen molar-refractivity contribution in [2.45, 2.75) is 39.2 Å². The van der Waals surface area contributed by atoms with Crippen molar-refractivity contribution in [1.82, 2.24) is 0 Å². The van der Waals surface area contributed by atoms with Crippen LogP contribution in [0.15, 0.2) is 18.2 Å². The molecule has 0 spiro atoms. The number of cyclic esters (lactones) is 1. The Labute approximate surface area is 120 Å². The lowest BCUT2D eigenvalue weighted by molar-refractivity contribution is -0.147. The number of methoxy groups -OCH3 is 1. The van der Waals surface area contributed by atoms with Gasteiger partial charge in [0.1, 0.15) is 5.60 Å². The Kier molecular flexibility index (Phi) is 4.21. The molecule has 20 heavy (non-hydrogen) atoms. The first-order chi connectivity index (χ1) is 9.44. The lowest BCUT2D eigenvalue weighted by Gasteiger charge is -2.24. The van der Waals surface area contributed by atoms with Gasteiger partial charge < -0.3 is 14.2 Å². The second kappa shape index (κ2) is 5.73. The molecule has 0 aromatic heterocycles. The van der Waals surface area contributed by atoms with Crippen LogP contribution in [-0.4, -0.2) is 19.7 Å². The van der Waals surface area contributed by atoms with E-state index in [0.717, 1.165) is 5.56 Å². The number of carbonyl (C=O) groups is 1. The Morgan fingerprint density at radius 2 is 2.10 bits per heavy atom. The van der Waals surface area contributed by atoms with E-state index in [2.05, 4.69) is 13.8 Å². The van der Waals surface area contributed by atoms with Gasteiger partial charge in [-0.05, 0) is 30.5 Å². The van der Waals surface area contributed by atoms with Gasteiger partial charge in [-0.1, -0.05) is 19.9 Å². The van der Waals surface area contributed by atoms with Crippen LogP contribution in [0.4, 0.5) is 0 Å². The summed E-state index contributed by atoms with van der Waals surface area (Å²) in [5, 5.41) is 0. The fourth-order valence-electron chi connectivity index (χ4n) is 2.27. The van der Waals surface area contributed by atoms with Crippen LogP contribution in [0.25, 0.3) is 0 Å². The molecule has 1 heterocycles. The summed E-state index contributed by atoms with van der Waals surface area (Å²) in [6, 6.07) is 5.71. The molecule has 1 aliphatic heterocycles. The minimum absolute atomic E-state index is 0.145. The highest BCUT2D eigenvalue weighted by atomic mass is 16.6. The van der Waals surface area contributed by atoms with Gasteiger partial charge in [0.2, 0.25) is 0 Å². The molecular weight excluding hydrogens is 256 g/mol. The normalized spacial score (nSPS) is 21.9. The van der Waals surface area contributed by atoms with Gasteiger partial charge in [-0.25, -0.2) is 0 Å². The zero-order valence-corrected chi connectivity index (χ0v) is 12.6. The van der Waals surface area contributed by atoms with Gasteiger partial charge in [0.25, 0.3) is 0 Å². The number of benzene rings is 1. The van der Waals surface area contributed by atoms with Crippen molar-refractivity contribution in [3.8, 4) is 11.5 Å². The Hall–Kier alpha value is -1.71. The quantitative estimate of drug-likeness (QED) is 0.775. The average molecular weight is 278 g/mol. The molecule has 0 bridgehead atoms. The number of rotatable bonds is 5. The first kappa shape index (κ1) is 14.7. The van der Waals surface area contributed by atoms with Gasteiger partial charge in [-0.15, -0.1) is 0 Å². The molecule has 1 saturated heterocycles. The fourth-order valence-corrected chi connectivity index (χ4v) is 2.27. The minimum atomic E-state index is -0.556. The Bertz CT molecular complexity index is 495. The summed E-state index contributed by atoms with van der Waals surface area (Å²) in [5.74, 6) is 1.68. The number of ether oxygens (including phenoxy) is 3. The molecule has 0 aliphatic carbocycles. The first-order valence-electron chi connectivity index (χ1n) is 6.98. The Morgan fingerprint density at radius 1 is 1.35 bits per heavy atom. The summed E-state index contributed by atoms with van der Waals surface area (Å²) in [7, 11) is 1.62. The molecule has 0 amide bonds. The maximum atomic E-state index is 11.4. The monoisotopic (exact) mass is 278 g/mol. The Morgan fingerprint density at radius 3 is 2.65 bits per heavy atom. The third kappa shape index (κ3) is 3.06. The summed E-state index contributed by atoms with van der Waals surface area (Å²) in [4.78, 5) is 11.4. The first-order valence-corrected chi connectivity index (χ1v) is 6.98. The number of esters is 1. The number of carbonyl (C=O) groups excluding carboxylic acids is 1. The summed E-state index contributed by atoms with van der Waals surface area (Å²) >= 11 is 0. The summed E-state index contributed by atoms with van der Waals surface area (Å²) < 4.78 is 16.6. The van der Waals surface area contributed by atoms with E-state index in [9.17, 15) is 4.79 Å². The highest BCUT2D eigenvalue weighted by molar-refractivity contribution is 5.72. The van der Waals surface area contributed by atoms with E-state index >= 15 is 0 Å². The fraction of sp³-hybridized carbons (Fsp3) is 0.562. The van der Waals surface area contributed by atoms with Crippen molar-refractivity contribution in [3.63, 3.8) is 0 Å². The van der Waals surface area contributed by atoms with E-state index in [0.29, 0.717) is 36.9 Å². The maximum absolute atomic E-state index is 11.4. The second-order valence-corrected chi connectivity index (χ2v) is 5.78. The molecule has 0 radical (unpaired) electrons. The zero-order valence-electron chi connectivity index (χ0n) is 12.6. The molecule has 1 aliphatic rings. The molecule has 1 atom stereocenters. The lowest BCUT2D eigenvalue weighted by Crippen LogP contribution is -2.21. The minimum Gasteiger partial charge on any atom is -0.493 e. The van der Waals surface area contributed by atoms with Gasteiger partial charge in [-0.3, -0.25) is 4.79 Å². The standard InChI is InChI=1S/C16H22O4/c1-11(2)10-19-14-9-12(5-6-13(14)18-4)16(3)8-7-15(17)20-16/h5-6,9,11H,7-8,10H2,1-4H3/t16-/m0/s1. The lowest BCUT2D eigenvalue weighted by atomic mass is 9.92. The van der Waals surface area contributed by atoms with Crippen molar-refractivity contribution in [1.29, 1.82) is 0 Å². The average Bonchev–Trinajstić information content (AvgIpc) is 2.77. The molecule has 0 saturated carbocycles. The summed E-state index contributed by atoms with van der Waals surface area (Å²) in [6.07, 6.45) is 1.16. The van der Waals surface area contributed by atoms with Gasteiger partial charge >= 0.3 is 5.97 Å². The van der Waals surface area contributed by atoms with Crippen LogP contribution in [0.3, 0.4) is 0 Å². The smallest absolute Gasteiger partial charge is 0.306 e. The van der Waals surface area contributed by atoms with Gasteiger partial charge in [-0.2, -0.15) is 0 Å². The van der Waals surface area contributed by atoms with Crippen LogP contribution in [0.5, 0.6) is 11.5 Å². The van der Waals surface area contributed by atoms with Gasteiger partial charge in [0.15, 0.2) is 11.5 Å². The van der Waals surface area contributed by atoms with E-state index in [1.807, 2.05) is 25.1 Å². The number of hydrogen-bond donors (Lipinski definition) is 0. The third-order valence-electron chi connectivity index (χ3n) is 3.49. The van der Waals surface area contributed by atoms with Crippen LogP contribution in [0, 0.1) is 5.92 Å². The highest BCUT2D eigenvalue weighted by Crippen LogP contribution is 2.40. The van der Waals surface area contributed by atoms with Crippen LogP contribution in [-0.2, 0) is 15.1 Å². The molecule has 4 heteroatoms. The topological polar surface area (TPSA) is 44.8 Å². The van der Waals surface area contributed by atoms with Crippen molar-refractivity contribution in [2.75, 3.05) is 13.7 Å². The molecule has 4 nitrogen and oxygen atoms in total. The second-order valence-electron chi connectivity index (χ2n) is 5.78. The van der Waals surface area contributed by atoms with Crippen molar-refractivity contribution < 1.29 is 19.0 Å². The molecular formula is C16H22O4. The molecule has 0 N–H and O–H groups in total. The SMILES string of the molecule is COc1ccc([C@]2(C)CCC(=O)O2)cc1OCC(C)C. The van der Waals surface area contributed by atoms with Gasteiger partial charge in [0.05, 0.1) is 13.7 Å². The van der Waals surface area contributed by atoms with E-state index in [-0.39, 0.29) is 5.97 Å². The maximum Gasteiger partial charge on any atom is 0.306 e. The summed E-state index contributed by atoms with van der Waals surface area (Å²) in [6.45, 7) is 6.75. The predicted molar refractivity (Wildman–Crippen MR) is 76.0 cm³/mol. The molecule has 1 fully saturated rings.